The topological polar surface area (TPSA) is 94.2 Å². The molecule has 8 nitrogen and oxygen atoms in total. The number of benzene rings is 3. The highest BCUT2D eigenvalue weighted by Crippen LogP contribution is 2.28. The molecule has 0 radical (unpaired) electrons. The number of anilines is 1. The van der Waals surface area contributed by atoms with E-state index < -0.39 is 15.9 Å². The van der Waals surface area contributed by atoms with Crippen molar-refractivity contribution in [1.82, 2.24) is 5.32 Å². The van der Waals surface area contributed by atoms with Crippen molar-refractivity contribution in [2.24, 2.45) is 0 Å². The molecule has 0 saturated heterocycles. The number of methoxy groups -OCH3 is 2. The van der Waals surface area contributed by atoms with Gasteiger partial charge in [-0.3, -0.25) is 9.10 Å². The van der Waals surface area contributed by atoms with E-state index in [1.165, 1.54) is 7.11 Å². The molecule has 0 atom stereocenters. The molecule has 3 aromatic carbocycles. The normalized spacial score (nSPS) is 10.9. The number of ether oxygens (including phenoxy) is 3. The van der Waals surface area contributed by atoms with Crippen molar-refractivity contribution in [2.45, 2.75) is 6.54 Å². The fraction of sp³-hybridized carbons (Fsp3) is 0.208. The third-order valence-electron chi connectivity index (χ3n) is 4.73. The molecule has 0 aromatic heterocycles. The molecule has 1 N–H and O–H groups in total. The van der Waals surface area contributed by atoms with Crippen LogP contribution in [0.4, 0.5) is 5.69 Å². The summed E-state index contributed by atoms with van der Waals surface area (Å²) in [5.41, 5.74) is 1.15. The second kappa shape index (κ2) is 10.7. The van der Waals surface area contributed by atoms with E-state index in [4.69, 9.17) is 14.2 Å². The summed E-state index contributed by atoms with van der Waals surface area (Å²) in [4.78, 5) is 12.5. The molecular formula is C24H26N2O6S. The Balaban J connectivity index is 1.66. The molecule has 0 bridgehead atoms. The van der Waals surface area contributed by atoms with Crippen LogP contribution in [0.1, 0.15) is 5.56 Å². The Morgan fingerprint density at radius 1 is 0.879 bits per heavy atom. The lowest BCUT2D eigenvalue weighted by Crippen LogP contribution is -2.40. The molecule has 0 heterocycles. The van der Waals surface area contributed by atoms with Crippen molar-refractivity contribution >= 4 is 21.6 Å². The van der Waals surface area contributed by atoms with Crippen LogP contribution in [0.25, 0.3) is 0 Å². The monoisotopic (exact) mass is 470 g/mol. The fourth-order valence-electron chi connectivity index (χ4n) is 3.08. The maximum atomic E-state index is 12.5. The van der Waals surface area contributed by atoms with Gasteiger partial charge in [0.15, 0.2) is 11.5 Å². The van der Waals surface area contributed by atoms with Crippen LogP contribution in [0.2, 0.25) is 0 Å². The Morgan fingerprint density at radius 2 is 1.52 bits per heavy atom. The van der Waals surface area contributed by atoms with Crippen LogP contribution in [0.15, 0.2) is 72.8 Å². The Morgan fingerprint density at radius 3 is 2.12 bits per heavy atom. The predicted molar refractivity (Wildman–Crippen MR) is 127 cm³/mol. The molecular weight excluding hydrogens is 444 g/mol. The van der Waals surface area contributed by atoms with E-state index in [0.717, 1.165) is 16.1 Å². The zero-order valence-electron chi connectivity index (χ0n) is 18.6. The Kier molecular flexibility index (Phi) is 7.78. The van der Waals surface area contributed by atoms with Crippen molar-refractivity contribution < 1.29 is 27.4 Å². The molecule has 0 fully saturated rings. The van der Waals surface area contributed by atoms with Gasteiger partial charge in [-0.15, -0.1) is 0 Å². The molecule has 9 heteroatoms. The largest absolute Gasteiger partial charge is 0.493 e. The minimum absolute atomic E-state index is 0.209. The molecule has 174 valence electrons. The van der Waals surface area contributed by atoms with E-state index in [9.17, 15) is 13.2 Å². The Bertz CT molecular complexity index is 1180. The van der Waals surface area contributed by atoms with E-state index in [0.29, 0.717) is 28.7 Å². The summed E-state index contributed by atoms with van der Waals surface area (Å²) in [6.07, 6.45) is 1.06. The van der Waals surface area contributed by atoms with Gasteiger partial charge in [0.2, 0.25) is 15.9 Å². The Labute approximate surface area is 193 Å². The lowest BCUT2D eigenvalue weighted by Gasteiger charge is -2.22. The zero-order chi connectivity index (χ0) is 23.8. The number of hydrogen-bond donors (Lipinski definition) is 1. The standard InChI is InChI=1S/C24H26N2O6S/c1-30-22-14-9-18(15-23(22)31-2)16-25-24(27)17-26(33(3,28)29)19-10-12-21(13-11-19)32-20-7-5-4-6-8-20/h4-15H,16-17H2,1-3H3,(H,25,27). The lowest BCUT2D eigenvalue weighted by atomic mass is 10.2. The first kappa shape index (κ1) is 23.9. The summed E-state index contributed by atoms with van der Waals surface area (Å²) in [6, 6.07) is 21.0. The van der Waals surface area contributed by atoms with Crippen LogP contribution in [0.3, 0.4) is 0 Å². The Hall–Kier alpha value is -3.72. The average molecular weight is 471 g/mol. The van der Waals surface area contributed by atoms with Gasteiger partial charge in [-0.2, -0.15) is 0 Å². The number of amides is 1. The first-order valence-corrected chi connectivity index (χ1v) is 11.9. The number of carbonyl (C=O) groups is 1. The molecule has 0 spiro atoms. The van der Waals surface area contributed by atoms with Gasteiger partial charge in [-0.25, -0.2) is 8.42 Å². The van der Waals surface area contributed by atoms with Crippen LogP contribution < -0.4 is 23.8 Å². The first-order valence-electron chi connectivity index (χ1n) is 10.1. The predicted octanol–water partition coefficient (Wildman–Crippen LogP) is 3.58. The van der Waals surface area contributed by atoms with E-state index >= 15 is 0 Å². The molecule has 0 aliphatic rings. The van der Waals surface area contributed by atoms with Crippen LogP contribution in [0, 0.1) is 0 Å². The van der Waals surface area contributed by atoms with E-state index in [-0.39, 0.29) is 13.1 Å². The number of nitrogens with zero attached hydrogens (tertiary/aromatic N) is 1. The van der Waals surface area contributed by atoms with Crippen molar-refractivity contribution in [3.05, 3.63) is 78.4 Å². The molecule has 0 unspecified atom stereocenters. The summed E-state index contributed by atoms with van der Waals surface area (Å²) in [6.45, 7) is -0.147. The summed E-state index contributed by atoms with van der Waals surface area (Å²) < 4.78 is 42.0. The second-order valence-electron chi connectivity index (χ2n) is 7.14. The third-order valence-corrected chi connectivity index (χ3v) is 5.87. The van der Waals surface area contributed by atoms with Crippen molar-refractivity contribution in [3.8, 4) is 23.0 Å². The van der Waals surface area contributed by atoms with Gasteiger partial charge in [-0.05, 0) is 54.1 Å². The summed E-state index contributed by atoms with van der Waals surface area (Å²) in [7, 11) is -0.623. The number of hydrogen-bond acceptors (Lipinski definition) is 6. The van der Waals surface area contributed by atoms with Gasteiger partial charge < -0.3 is 19.5 Å². The highest BCUT2D eigenvalue weighted by molar-refractivity contribution is 7.92. The van der Waals surface area contributed by atoms with Gasteiger partial charge in [0, 0.05) is 6.54 Å². The molecule has 3 aromatic rings. The molecule has 3 rings (SSSR count). The van der Waals surface area contributed by atoms with Crippen molar-refractivity contribution in [3.63, 3.8) is 0 Å². The van der Waals surface area contributed by atoms with Gasteiger partial charge in [0.05, 0.1) is 26.2 Å². The molecule has 0 saturated carbocycles. The summed E-state index contributed by atoms with van der Waals surface area (Å²) in [5, 5.41) is 2.74. The van der Waals surface area contributed by atoms with Gasteiger partial charge >= 0.3 is 0 Å². The molecule has 0 aliphatic carbocycles. The number of sulfonamides is 1. The second-order valence-corrected chi connectivity index (χ2v) is 9.05. The fourth-order valence-corrected chi connectivity index (χ4v) is 3.94. The minimum Gasteiger partial charge on any atom is -0.493 e. The average Bonchev–Trinajstić information content (AvgIpc) is 2.81. The smallest absolute Gasteiger partial charge is 0.241 e. The van der Waals surface area contributed by atoms with Gasteiger partial charge in [0.1, 0.15) is 18.0 Å². The van der Waals surface area contributed by atoms with Crippen molar-refractivity contribution in [2.75, 3.05) is 31.3 Å². The number of para-hydroxylation sites is 1. The summed E-state index contributed by atoms with van der Waals surface area (Å²) >= 11 is 0. The molecule has 1 amide bonds. The maximum Gasteiger partial charge on any atom is 0.241 e. The van der Waals surface area contributed by atoms with Gasteiger partial charge in [-0.1, -0.05) is 24.3 Å². The molecule has 33 heavy (non-hydrogen) atoms. The summed E-state index contributed by atoms with van der Waals surface area (Å²) in [5.74, 6) is 1.89. The molecule has 0 aliphatic heterocycles. The van der Waals surface area contributed by atoms with E-state index in [1.807, 2.05) is 30.3 Å². The number of rotatable bonds is 10. The lowest BCUT2D eigenvalue weighted by molar-refractivity contribution is -0.119. The maximum absolute atomic E-state index is 12.5. The number of carbonyl (C=O) groups excluding carboxylic acids is 1. The number of nitrogens with one attached hydrogen (secondary N) is 1. The quantitative estimate of drug-likeness (QED) is 0.487. The highest BCUT2D eigenvalue weighted by atomic mass is 32.2. The SMILES string of the molecule is COc1ccc(CNC(=O)CN(c2ccc(Oc3ccccc3)cc2)S(C)(=O)=O)cc1OC. The highest BCUT2D eigenvalue weighted by Gasteiger charge is 2.21. The van der Waals surface area contributed by atoms with E-state index in [2.05, 4.69) is 5.32 Å². The van der Waals surface area contributed by atoms with Crippen molar-refractivity contribution in [1.29, 1.82) is 0 Å². The van der Waals surface area contributed by atoms with Crippen LogP contribution in [0.5, 0.6) is 23.0 Å². The van der Waals surface area contributed by atoms with Crippen LogP contribution in [-0.4, -0.2) is 41.3 Å². The first-order chi connectivity index (χ1) is 15.8. The van der Waals surface area contributed by atoms with E-state index in [1.54, 1.807) is 49.6 Å². The third kappa shape index (κ3) is 6.63. The van der Waals surface area contributed by atoms with Crippen LogP contribution >= 0.6 is 0 Å². The van der Waals surface area contributed by atoms with Gasteiger partial charge in [0.25, 0.3) is 0 Å². The minimum atomic E-state index is -3.69. The zero-order valence-corrected chi connectivity index (χ0v) is 19.5. The van der Waals surface area contributed by atoms with Crippen LogP contribution in [-0.2, 0) is 21.4 Å².